The van der Waals surface area contributed by atoms with Crippen LogP contribution in [0.2, 0.25) is 0 Å². The quantitative estimate of drug-likeness (QED) is 0.490. The Morgan fingerprint density at radius 2 is 2.08 bits per heavy atom. The first-order valence-electron chi connectivity index (χ1n) is 4.98. The van der Waals surface area contributed by atoms with Crippen LogP contribution >= 0.6 is 0 Å². The van der Waals surface area contributed by atoms with Crippen LogP contribution in [0.3, 0.4) is 0 Å². The lowest BCUT2D eigenvalue weighted by atomic mass is 10.1. The van der Waals surface area contributed by atoms with Gasteiger partial charge < -0.3 is 9.84 Å². The molecule has 1 atom stereocenters. The number of esters is 1. The van der Waals surface area contributed by atoms with Crippen LogP contribution in [0, 0.1) is 0 Å². The van der Waals surface area contributed by atoms with Crippen molar-refractivity contribution in [2.75, 3.05) is 6.61 Å². The number of carbonyl (C=O) groups is 1. The van der Waals surface area contributed by atoms with Crippen molar-refractivity contribution < 1.29 is 14.6 Å². The molecule has 0 aliphatic rings. The van der Waals surface area contributed by atoms with Crippen LogP contribution in [0.25, 0.3) is 0 Å². The van der Waals surface area contributed by atoms with E-state index < -0.39 is 6.10 Å². The standard InChI is InChI=1S/C10H20O3/c1-3-4-5-6-7-10(12)8-13-9(2)11/h10,12H,3-8H2,1-2H3. The van der Waals surface area contributed by atoms with Gasteiger partial charge in [-0.05, 0) is 6.42 Å². The summed E-state index contributed by atoms with van der Waals surface area (Å²) in [7, 11) is 0. The number of aliphatic hydroxyl groups is 1. The normalized spacial score (nSPS) is 12.5. The first-order valence-corrected chi connectivity index (χ1v) is 4.98. The van der Waals surface area contributed by atoms with Crippen molar-refractivity contribution in [3.63, 3.8) is 0 Å². The van der Waals surface area contributed by atoms with E-state index in [2.05, 4.69) is 11.7 Å². The maximum absolute atomic E-state index is 10.4. The molecule has 13 heavy (non-hydrogen) atoms. The SMILES string of the molecule is CCCCCCC(O)COC(C)=O. The predicted molar refractivity (Wildman–Crippen MR) is 51.4 cm³/mol. The highest BCUT2D eigenvalue weighted by atomic mass is 16.5. The average Bonchev–Trinajstić information content (AvgIpc) is 2.09. The number of aliphatic hydroxyl groups excluding tert-OH is 1. The van der Waals surface area contributed by atoms with Gasteiger partial charge in [-0.15, -0.1) is 0 Å². The minimum atomic E-state index is -0.485. The van der Waals surface area contributed by atoms with Gasteiger partial charge in [0.15, 0.2) is 0 Å². The molecule has 0 radical (unpaired) electrons. The number of unbranched alkanes of at least 4 members (excludes halogenated alkanes) is 3. The molecule has 0 bridgehead atoms. The highest BCUT2D eigenvalue weighted by Crippen LogP contribution is 2.05. The van der Waals surface area contributed by atoms with Crippen LogP contribution < -0.4 is 0 Å². The average molecular weight is 188 g/mol. The fraction of sp³-hybridized carbons (Fsp3) is 0.900. The molecule has 0 aliphatic heterocycles. The number of hydrogen-bond donors (Lipinski definition) is 1. The fourth-order valence-corrected chi connectivity index (χ4v) is 1.10. The lowest BCUT2D eigenvalue weighted by Gasteiger charge is -2.09. The molecule has 0 aromatic rings. The van der Waals surface area contributed by atoms with Gasteiger partial charge in [-0.2, -0.15) is 0 Å². The number of rotatable bonds is 7. The lowest BCUT2D eigenvalue weighted by molar-refractivity contribution is -0.144. The van der Waals surface area contributed by atoms with E-state index >= 15 is 0 Å². The Balaban J connectivity index is 3.19. The molecular weight excluding hydrogens is 168 g/mol. The van der Waals surface area contributed by atoms with Crippen LogP contribution in [-0.4, -0.2) is 23.8 Å². The first kappa shape index (κ1) is 12.4. The van der Waals surface area contributed by atoms with Crippen LogP contribution in [0.15, 0.2) is 0 Å². The molecule has 0 aromatic heterocycles. The molecule has 0 heterocycles. The Morgan fingerprint density at radius 3 is 2.62 bits per heavy atom. The maximum Gasteiger partial charge on any atom is 0.302 e. The predicted octanol–water partition coefficient (Wildman–Crippen LogP) is 1.88. The van der Waals surface area contributed by atoms with E-state index in [1.807, 2.05) is 0 Å². The van der Waals surface area contributed by atoms with Crippen LogP contribution in [0.5, 0.6) is 0 Å². The number of hydrogen-bond acceptors (Lipinski definition) is 3. The summed E-state index contributed by atoms with van der Waals surface area (Å²) in [6.45, 7) is 3.64. The third-order valence-corrected chi connectivity index (χ3v) is 1.87. The number of ether oxygens (including phenoxy) is 1. The Morgan fingerprint density at radius 1 is 1.38 bits per heavy atom. The van der Waals surface area contributed by atoms with E-state index in [1.165, 1.54) is 19.8 Å². The second kappa shape index (κ2) is 8.05. The van der Waals surface area contributed by atoms with Gasteiger partial charge in [0.1, 0.15) is 6.61 Å². The smallest absolute Gasteiger partial charge is 0.302 e. The topological polar surface area (TPSA) is 46.5 Å². The van der Waals surface area contributed by atoms with Crippen molar-refractivity contribution in [2.45, 2.75) is 52.1 Å². The largest absolute Gasteiger partial charge is 0.463 e. The summed E-state index contributed by atoms with van der Waals surface area (Å²) < 4.78 is 4.67. The zero-order chi connectivity index (χ0) is 10.1. The highest BCUT2D eigenvalue weighted by molar-refractivity contribution is 5.65. The van der Waals surface area contributed by atoms with Gasteiger partial charge in [0.05, 0.1) is 6.10 Å². The van der Waals surface area contributed by atoms with Crippen molar-refractivity contribution in [3.05, 3.63) is 0 Å². The summed E-state index contributed by atoms with van der Waals surface area (Å²) in [5, 5.41) is 9.32. The molecule has 0 saturated heterocycles. The monoisotopic (exact) mass is 188 g/mol. The zero-order valence-corrected chi connectivity index (χ0v) is 8.58. The summed E-state index contributed by atoms with van der Waals surface area (Å²) >= 11 is 0. The van der Waals surface area contributed by atoms with Crippen LogP contribution in [0.1, 0.15) is 46.0 Å². The van der Waals surface area contributed by atoms with Crippen LogP contribution in [-0.2, 0) is 9.53 Å². The number of carbonyl (C=O) groups excluding carboxylic acids is 1. The van der Waals surface area contributed by atoms with E-state index in [0.29, 0.717) is 0 Å². The van der Waals surface area contributed by atoms with Gasteiger partial charge in [0, 0.05) is 6.92 Å². The highest BCUT2D eigenvalue weighted by Gasteiger charge is 2.05. The lowest BCUT2D eigenvalue weighted by Crippen LogP contribution is -2.16. The van der Waals surface area contributed by atoms with E-state index in [4.69, 9.17) is 0 Å². The van der Waals surface area contributed by atoms with Crippen molar-refractivity contribution in [2.24, 2.45) is 0 Å². The molecule has 3 nitrogen and oxygen atoms in total. The summed E-state index contributed by atoms with van der Waals surface area (Å²) in [5.41, 5.74) is 0. The van der Waals surface area contributed by atoms with E-state index in [-0.39, 0.29) is 12.6 Å². The van der Waals surface area contributed by atoms with E-state index in [1.54, 1.807) is 0 Å². The molecule has 1 N–H and O–H groups in total. The molecule has 0 fully saturated rings. The zero-order valence-electron chi connectivity index (χ0n) is 8.58. The van der Waals surface area contributed by atoms with Gasteiger partial charge in [-0.1, -0.05) is 32.6 Å². The van der Waals surface area contributed by atoms with Gasteiger partial charge in [-0.25, -0.2) is 0 Å². The molecular formula is C10H20O3. The van der Waals surface area contributed by atoms with Crippen molar-refractivity contribution in [1.82, 2.24) is 0 Å². The molecule has 0 saturated carbocycles. The third-order valence-electron chi connectivity index (χ3n) is 1.87. The van der Waals surface area contributed by atoms with Gasteiger partial charge in [0.25, 0.3) is 0 Å². The Bertz CT molecular complexity index is 134. The molecule has 3 heteroatoms. The van der Waals surface area contributed by atoms with Gasteiger partial charge >= 0.3 is 5.97 Å². The molecule has 0 rings (SSSR count). The molecule has 0 amide bonds. The minimum absolute atomic E-state index is 0.140. The molecule has 78 valence electrons. The molecule has 0 aromatic carbocycles. The van der Waals surface area contributed by atoms with E-state index in [9.17, 15) is 9.90 Å². The van der Waals surface area contributed by atoms with Crippen molar-refractivity contribution in [1.29, 1.82) is 0 Å². The fourth-order valence-electron chi connectivity index (χ4n) is 1.10. The summed E-state index contributed by atoms with van der Waals surface area (Å²) in [4.78, 5) is 10.4. The van der Waals surface area contributed by atoms with Gasteiger partial charge in [-0.3, -0.25) is 4.79 Å². The maximum atomic E-state index is 10.4. The van der Waals surface area contributed by atoms with Crippen LogP contribution in [0.4, 0.5) is 0 Å². The third kappa shape index (κ3) is 9.34. The van der Waals surface area contributed by atoms with Crippen molar-refractivity contribution >= 4 is 5.97 Å². The molecule has 1 unspecified atom stereocenters. The second-order valence-electron chi connectivity index (χ2n) is 3.31. The van der Waals surface area contributed by atoms with E-state index in [0.717, 1.165) is 19.3 Å². The minimum Gasteiger partial charge on any atom is -0.463 e. The summed E-state index contributed by atoms with van der Waals surface area (Å²) in [5.74, 6) is -0.326. The summed E-state index contributed by atoms with van der Waals surface area (Å²) in [6.07, 6.45) is 4.80. The van der Waals surface area contributed by atoms with Crippen molar-refractivity contribution in [3.8, 4) is 0 Å². The molecule has 0 aliphatic carbocycles. The molecule has 0 spiro atoms. The van der Waals surface area contributed by atoms with Gasteiger partial charge in [0.2, 0.25) is 0 Å². The Labute approximate surface area is 80.1 Å². The second-order valence-corrected chi connectivity index (χ2v) is 3.31. The summed E-state index contributed by atoms with van der Waals surface area (Å²) in [6, 6.07) is 0. The Kier molecular flexibility index (Phi) is 7.69. The Hall–Kier alpha value is -0.570. The first-order chi connectivity index (χ1) is 6.16.